The highest BCUT2D eigenvalue weighted by molar-refractivity contribution is 7.09. The Hall–Kier alpha value is -1.13. The van der Waals surface area contributed by atoms with Crippen LogP contribution in [0.4, 0.5) is 0 Å². The molecule has 3 nitrogen and oxygen atoms in total. The zero-order valence-corrected chi connectivity index (χ0v) is 8.72. The van der Waals surface area contributed by atoms with Crippen LogP contribution in [0.5, 0.6) is 0 Å². The van der Waals surface area contributed by atoms with E-state index in [4.69, 9.17) is 5.73 Å². The molecule has 1 rings (SSSR count). The molecule has 0 aliphatic carbocycles. The second-order valence-corrected chi connectivity index (χ2v) is 3.96. The molecular weight excluding hydrogens is 196 g/mol. The van der Waals surface area contributed by atoms with Gasteiger partial charge in [0.05, 0.1) is 12.6 Å². The number of hydrogen-bond acceptors (Lipinski definition) is 3. The minimum absolute atomic E-state index is 0.127. The fourth-order valence-electron chi connectivity index (χ4n) is 1.01. The molecule has 0 aromatic carbocycles. The molecule has 1 aromatic rings. The fraction of sp³-hybridized carbons (Fsp3) is 0.300. The molecular formula is C10H14N2OS. The third kappa shape index (κ3) is 3.32. The topological polar surface area (TPSA) is 55.1 Å². The molecule has 1 unspecified atom stereocenters. The monoisotopic (exact) mass is 210 g/mol. The van der Waals surface area contributed by atoms with Gasteiger partial charge in [-0.1, -0.05) is 12.1 Å². The highest BCUT2D eigenvalue weighted by Crippen LogP contribution is 2.07. The fourth-order valence-corrected chi connectivity index (χ4v) is 1.65. The van der Waals surface area contributed by atoms with E-state index in [1.165, 1.54) is 0 Å². The molecule has 0 bridgehead atoms. The Morgan fingerprint density at radius 2 is 2.57 bits per heavy atom. The molecule has 1 amide bonds. The van der Waals surface area contributed by atoms with Crippen LogP contribution in [0.3, 0.4) is 0 Å². The van der Waals surface area contributed by atoms with Crippen LogP contribution in [-0.4, -0.2) is 11.9 Å². The largest absolute Gasteiger partial charge is 0.350 e. The lowest BCUT2D eigenvalue weighted by Crippen LogP contribution is -2.39. The summed E-state index contributed by atoms with van der Waals surface area (Å²) in [6.45, 7) is 4.09. The van der Waals surface area contributed by atoms with E-state index in [1.54, 1.807) is 17.4 Å². The van der Waals surface area contributed by atoms with Gasteiger partial charge in [0.25, 0.3) is 0 Å². The lowest BCUT2D eigenvalue weighted by Gasteiger charge is -2.08. The summed E-state index contributed by atoms with van der Waals surface area (Å²) in [6, 6.07) is 3.45. The van der Waals surface area contributed by atoms with Crippen LogP contribution in [0.1, 0.15) is 11.3 Å². The van der Waals surface area contributed by atoms with E-state index in [1.807, 2.05) is 17.5 Å². The molecule has 0 radical (unpaired) electrons. The number of amides is 1. The summed E-state index contributed by atoms with van der Waals surface area (Å²) < 4.78 is 0. The lowest BCUT2D eigenvalue weighted by atomic mass is 10.2. The Morgan fingerprint density at radius 3 is 3.14 bits per heavy atom. The van der Waals surface area contributed by atoms with Crippen molar-refractivity contribution in [2.45, 2.75) is 19.0 Å². The molecule has 0 aliphatic heterocycles. The molecule has 1 aromatic heterocycles. The van der Waals surface area contributed by atoms with Crippen LogP contribution < -0.4 is 11.1 Å². The Labute approximate surface area is 87.6 Å². The van der Waals surface area contributed by atoms with Gasteiger partial charge >= 0.3 is 0 Å². The molecule has 14 heavy (non-hydrogen) atoms. The van der Waals surface area contributed by atoms with Gasteiger partial charge in [0.1, 0.15) is 0 Å². The standard InChI is InChI=1S/C10H14N2OS/c1-2-4-9(11)10(13)12-7-8-5-3-6-14-8/h2-3,5-6,9H,1,4,7,11H2,(H,12,13). The highest BCUT2D eigenvalue weighted by atomic mass is 32.1. The summed E-state index contributed by atoms with van der Waals surface area (Å²) in [7, 11) is 0. The summed E-state index contributed by atoms with van der Waals surface area (Å²) in [5, 5.41) is 4.75. The summed E-state index contributed by atoms with van der Waals surface area (Å²) in [4.78, 5) is 12.5. The average Bonchev–Trinajstić information content (AvgIpc) is 2.67. The van der Waals surface area contributed by atoms with E-state index in [2.05, 4.69) is 11.9 Å². The Kier molecular flexibility index (Phi) is 4.35. The number of nitrogens with one attached hydrogen (secondary N) is 1. The van der Waals surface area contributed by atoms with E-state index in [0.717, 1.165) is 4.88 Å². The van der Waals surface area contributed by atoms with Crippen molar-refractivity contribution < 1.29 is 4.79 Å². The van der Waals surface area contributed by atoms with Gasteiger partial charge in [-0.2, -0.15) is 0 Å². The van der Waals surface area contributed by atoms with E-state index in [-0.39, 0.29) is 5.91 Å². The SMILES string of the molecule is C=CCC(N)C(=O)NCc1cccs1. The molecule has 1 atom stereocenters. The van der Waals surface area contributed by atoms with Crippen molar-refractivity contribution >= 4 is 17.2 Å². The van der Waals surface area contributed by atoms with Crippen molar-refractivity contribution in [2.24, 2.45) is 5.73 Å². The molecule has 4 heteroatoms. The number of hydrogen-bond donors (Lipinski definition) is 2. The number of rotatable bonds is 5. The lowest BCUT2D eigenvalue weighted by molar-refractivity contribution is -0.122. The average molecular weight is 210 g/mol. The zero-order chi connectivity index (χ0) is 10.4. The quantitative estimate of drug-likeness (QED) is 0.719. The van der Waals surface area contributed by atoms with Crippen LogP contribution in [0, 0.1) is 0 Å². The van der Waals surface area contributed by atoms with E-state index in [9.17, 15) is 4.79 Å². The molecule has 0 spiro atoms. The number of carbonyl (C=O) groups is 1. The number of nitrogens with two attached hydrogens (primary N) is 1. The van der Waals surface area contributed by atoms with Crippen LogP contribution >= 0.6 is 11.3 Å². The minimum atomic E-state index is -0.479. The second-order valence-electron chi connectivity index (χ2n) is 2.93. The molecule has 0 saturated heterocycles. The van der Waals surface area contributed by atoms with Crippen LogP contribution in [0.25, 0.3) is 0 Å². The molecule has 1 heterocycles. The molecule has 3 N–H and O–H groups in total. The molecule has 0 fully saturated rings. The van der Waals surface area contributed by atoms with Crippen molar-refractivity contribution in [1.82, 2.24) is 5.32 Å². The third-order valence-corrected chi connectivity index (χ3v) is 2.65. The maximum absolute atomic E-state index is 11.3. The third-order valence-electron chi connectivity index (χ3n) is 1.77. The van der Waals surface area contributed by atoms with Gasteiger partial charge in [-0.15, -0.1) is 17.9 Å². The molecule has 0 aliphatic rings. The first-order valence-corrected chi connectivity index (χ1v) is 5.28. The highest BCUT2D eigenvalue weighted by Gasteiger charge is 2.10. The maximum Gasteiger partial charge on any atom is 0.237 e. The van der Waals surface area contributed by atoms with Gasteiger partial charge < -0.3 is 11.1 Å². The summed E-state index contributed by atoms with van der Waals surface area (Å²) in [5.41, 5.74) is 5.59. The van der Waals surface area contributed by atoms with E-state index in [0.29, 0.717) is 13.0 Å². The van der Waals surface area contributed by atoms with Gasteiger partial charge in [0.15, 0.2) is 0 Å². The predicted octanol–water partition coefficient (Wildman–Crippen LogP) is 1.27. The number of thiophene rings is 1. The van der Waals surface area contributed by atoms with Gasteiger partial charge in [-0.3, -0.25) is 4.79 Å². The first-order chi connectivity index (χ1) is 6.74. The van der Waals surface area contributed by atoms with Gasteiger partial charge in [0, 0.05) is 4.88 Å². The maximum atomic E-state index is 11.3. The normalized spacial score (nSPS) is 12.1. The van der Waals surface area contributed by atoms with Crippen LogP contribution in [0.2, 0.25) is 0 Å². The second kappa shape index (κ2) is 5.57. The first-order valence-electron chi connectivity index (χ1n) is 4.40. The first kappa shape index (κ1) is 10.9. The van der Waals surface area contributed by atoms with Crippen molar-refractivity contribution in [3.8, 4) is 0 Å². The van der Waals surface area contributed by atoms with Crippen molar-refractivity contribution in [1.29, 1.82) is 0 Å². The summed E-state index contributed by atoms with van der Waals surface area (Å²) >= 11 is 1.61. The predicted molar refractivity (Wildman–Crippen MR) is 59.0 cm³/mol. The van der Waals surface area contributed by atoms with Gasteiger partial charge in [0.2, 0.25) is 5.91 Å². The van der Waals surface area contributed by atoms with Crippen molar-refractivity contribution in [3.63, 3.8) is 0 Å². The van der Waals surface area contributed by atoms with Crippen LogP contribution in [-0.2, 0) is 11.3 Å². The van der Waals surface area contributed by atoms with Crippen LogP contribution in [0.15, 0.2) is 30.2 Å². The van der Waals surface area contributed by atoms with Gasteiger partial charge in [-0.25, -0.2) is 0 Å². The molecule has 76 valence electrons. The van der Waals surface area contributed by atoms with Crippen molar-refractivity contribution in [3.05, 3.63) is 35.0 Å². The van der Waals surface area contributed by atoms with E-state index < -0.39 is 6.04 Å². The van der Waals surface area contributed by atoms with Gasteiger partial charge in [-0.05, 0) is 17.9 Å². The Balaban J connectivity index is 2.31. The summed E-state index contributed by atoms with van der Waals surface area (Å²) in [6.07, 6.45) is 2.16. The smallest absolute Gasteiger partial charge is 0.237 e. The van der Waals surface area contributed by atoms with Crippen molar-refractivity contribution in [2.75, 3.05) is 0 Å². The Bertz CT molecular complexity index is 295. The summed E-state index contributed by atoms with van der Waals surface area (Å²) in [5.74, 6) is -0.127. The zero-order valence-electron chi connectivity index (χ0n) is 7.90. The number of carbonyl (C=O) groups excluding carboxylic acids is 1. The minimum Gasteiger partial charge on any atom is -0.350 e. The van der Waals surface area contributed by atoms with E-state index >= 15 is 0 Å². The Morgan fingerprint density at radius 1 is 1.79 bits per heavy atom. The molecule has 0 saturated carbocycles.